The Kier molecular flexibility index (Phi) is 6.89. The number of hydrogen-bond donors (Lipinski definition) is 1. The lowest BCUT2D eigenvalue weighted by Gasteiger charge is -2.21. The average Bonchev–Trinajstić information content (AvgIpc) is 2.45. The van der Waals surface area contributed by atoms with Crippen LogP contribution in [0, 0.1) is 5.92 Å². The second kappa shape index (κ2) is 8.17. The highest BCUT2D eigenvalue weighted by atomic mass is 32.1. The number of ether oxygens (including phenoxy) is 3. The predicted octanol–water partition coefficient (Wildman–Crippen LogP) is 4.04. The fourth-order valence-corrected chi connectivity index (χ4v) is 2.71. The number of carbonyl (C=O) groups is 1. The maximum atomic E-state index is 11.6. The van der Waals surface area contributed by atoms with Crippen LogP contribution in [0.4, 0.5) is 0 Å². The maximum absolute atomic E-state index is 11.6. The van der Waals surface area contributed by atoms with Crippen LogP contribution in [0.2, 0.25) is 0 Å². The second-order valence-corrected chi connectivity index (χ2v) is 5.84. The van der Waals surface area contributed by atoms with Crippen LogP contribution in [0.15, 0.2) is 12.1 Å². The van der Waals surface area contributed by atoms with Crippen molar-refractivity contribution in [1.82, 2.24) is 0 Å². The third-order valence-electron chi connectivity index (χ3n) is 3.07. The minimum absolute atomic E-state index is 0.0782. The van der Waals surface area contributed by atoms with Crippen molar-refractivity contribution < 1.29 is 19.0 Å². The number of esters is 1. The van der Waals surface area contributed by atoms with Gasteiger partial charge in [0.1, 0.15) is 17.2 Å². The molecule has 1 unspecified atom stereocenters. The molecule has 0 bridgehead atoms. The van der Waals surface area contributed by atoms with Crippen molar-refractivity contribution >= 4 is 18.6 Å². The molecule has 1 aromatic rings. The van der Waals surface area contributed by atoms with Crippen molar-refractivity contribution in [3.63, 3.8) is 0 Å². The third kappa shape index (κ3) is 4.84. The highest BCUT2D eigenvalue weighted by Gasteiger charge is 2.22. The molecule has 0 aliphatic rings. The lowest BCUT2D eigenvalue weighted by atomic mass is 10.00. The standard InChI is InChI=1S/C16H24O4S/c1-6-15(17)20-13-9-11(18-4)8-12(19-5)16(13)14(21)7-10(2)3/h8-10,14,21H,6-7H2,1-5H3. The Morgan fingerprint density at radius 1 is 1.19 bits per heavy atom. The summed E-state index contributed by atoms with van der Waals surface area (Å²) in [4.78, 5) is 11.6. The average molecular weight is 312 g/mol. The van der Waals surface area contributed by atoms with E-state index in [1.807, 2.05) is 0 Å². The quantitative estimate of drug-likeness (QED) is 0.469. The Hall–Kier alpha value is -1.36. The highest BCUT2D eigenvalue weighted by Crippen LogP contribution is 2.43. The normalized spacial score (nSPS) is 12.1. The summed E-state index contributed by atoms with van der Waals surface area (Å²) in [5, 5.41) is -0.0782. The molecule has 0 spiro atoms. The van der Waals surface area contributed by atoms with Gasteiger partial charge < -0.3 is 14.2 Å². The molecule has 0 radical (unpaired) electrons. The Bertz CT molecular complexity index is 485. The van der Waals surface area contributed by atoms with Crippen LogP contribution in [0.3, 0.4) is 0 Å². The Morgan fingerprint density at radius 3 is 2.29 bits per heavy atom. The van der Waals surface area contributed by atoms with Crippen molar-refractivity contribution in [2.24, 2.45) is 5.92 Å². The van der Waals surface area contributed by atoms with Crippen molar-refractivity contribution in [1.29, 1.82) is 0 Å². The molecule has 0 N–H and O–H groups in total. The first-order chi connectivity index (χ1) is 9.92. The van der Waals surface area contributed by atoms with Crippen molar-refractivity contribution in [2.45, 2.75) is 38.9 Å². The van der Waals surface area contributed by atoms with Gasteiger partial charge in [-0.2, -0.15) is 12.6 Å². The van der Waals surface area contributed by atoms with E-state index in [1.54, 1.807) is 33.3 Å². The number of methoxy groups -OCH3 is 2. The van der Waals surface area contributed by atoms with Gasteiger partial charge in [-0.3, -0.25) is 4.79 Å². The summed E-state index contributed by atoms with van der Waals surface area (Å²) in [6.45, 7) is 6.00. The molecule has 118 valence electrons. The Balaban J connectivity index is 3.30. The molecule has 1 aromatic carbocycles. The molecule has 0 saturated heterocycles. The molecule has 0 aliphatic carbocycles. The lowest BCUT2D eigenvalue weighted by Crippen LogP contribution is -2.10. The van der Waals surface area contributed by atoms with E-state index in [0.717, 1.165) is 12.0 Å². The van der Waals surface area contributed by atoms with Crippen molar-refractivity contribution in [3.05, 3.63) is 17.7 Å². The Labute approximate surface area is 132 Å². The molecule has 0 heterocycles. The largest absolute Gasteiger partial charge is 0.496 e. The van der Waals surface area contributed by atoms with E-state index in [-0.39, 0.29) is 11.2 Å². The lowest BCUT2D eigenvalue weighted by molar-refractivity contribution is -0.134. The number of rotatable bonds is 7. The number of hydrogen-bond acceptors (Lipinski definition) is 5. The fraction of sp³-hybridized carbons (Fsp3) is 0.562. The Morgan fingerprint density at radius 2 is 1.81 bits per heavy atom. The van der Waals surface area contributed by atoms with Gasteiger partial charge in [-0.25, -0.2) is 0 Å². The second-order valence-electron chi connectivity index (χ2n) is 5.21. The zero-order valence-corrected chi connectivity index (χ0v) is 14.2. The highest BCUT2D eigenvalue weighted by molar-refractivity contribution is 7.80. The van der Waals surface area contributed by atoms with Crippen LogP contribution in [0.5, 0.6) is 17.2 Å². The minimum atomic E-state index is -0.295. The first kappa shape index (κ1) is 17.7. The van der Waals surface area contributed by atoms with Crippen LogP contribution < -0.4 is 14.2 Å². The van der Waals surface area contributed by atoms with E-state index in [1.165, 1.54) is 0 Å². The summed E-state index contributed by atoms with van der Waals surface area (Å²) in [5.74, 6) is 1.83. The zero-order valence-electron chi connectivity index (χ0n) is 13.3. The van der Waals surface area contributed by atoms with Gasteiger partial charge in [-0.05, 0) is 12.3 Å². The topological polar surface area (TPSA) is 44.8 Å². The summed E-state index contributed by atoms with van der Waals surface area (Å²) in [6.07, 6.45) is 1.16. The van der Waals surface area contributed by atoms with Gasteiger partial charge in [-0.15, -0.1) is 0 Å². The molecule has 0 saturated carbocycles. The molecular weight excluding hydrogens is 288 g/mol. The molecule has 21 heavy (non-hydrogen) atoms. The minimum Gasteiger partial charge on any atom is -0.496 e. The van der Waals surface area contributed by atoms with E-state index in [9.17, 15) is 4.79 Å². The van der Waals surface area contributed by atoms with E-state index in [4.69, 9.17) is 14.2 Å². The molecule has 1 atom stereocenters. The van der Waals surface area contributed by atoms with Crippen LogP contribution in [0.25, 0.3) is 0 Å². The summed E-state index contributed by atoms with van der Waals surface area (Å²) in [5.41, 5.74) is 0.789. The fourth-order valence-electron chi connectivity index (χ4n) is 2.04. The van der Waals surface area contributed by atoms with Gasteiger partial charge in [0.25, 0.3) is 0 Å². The van der Waals surface area contributed by atoms with Crippen LogP contribution >= 0.6 is 12.6 Å². The molecular formula is C16H24O4S. The van der Waals surface area contributed by atoms with Crippen molar-refractivity contribution in [3.8, 4) is 17.2 Å². The van der Waals surface area contributed by atoms with Gasteiger partial charge in [0.2, 0.25) is 0 Å². The zero-order chi connectivity index (χ0) is 16.0. The van der Waals surface area contributed by atoms with Gasteiger partial charge in [-0.1, -0.05) is 20.8 Å². The molecule has 0 aliphatic heterocycles. The third-order valence-corrected chi connectivity index (χ3v) is 3.54. The van der Waals surface area contributed by atoms with Crippen LogP contribution in [-0.2, 0) is 4.79 Å². The maximum Gasteiger partial charge on any atom is 0.310 e. The molecule has 0 amide bonds. The van der Waals surface area contributed by atoms with Gasteiger partial charge >= 0.3 is 5.97 Å². The van der Waals surface area contributed by atoms with E-state index < -0.39 is 0 Å². The smallest absolute Gasteiger partial charge is 0.310 e. The van der Waals surface area contributed by atoms with Gasteiger partial charge in [0.15, 0.2) is 0 Å². The summed E-state index contributed by atoms with van der Waals surface area (Å²) < 4.78 is 16.1. The predicted molar refractivity (Wildman–Crippen MR) is 86.7 cm³/mol. The molecule has 4 nitrogen and oxygen atoms in total. The van der Waals surface area contributed by atoms with Crippen LogP contribution in [0.1, 0.15) is 44.4 Å². The summed E-state index contributed by atoms with van der Waals surface area (Å²) in [7, 11) is 3.14. The summed E-state index contributed by atoms with van der Waals surface area (Å²) >= 11 is 4.66. The molecule has 0 aromatic heterocycles. The number of carbonyl (C=O) groups excluding carboxylic acids is 1. The van der Waals surface area contributed by atoms with Crippen LogP contribution in [-0.4, -0.2) is 20.2 Å². The van der Waals surface area contributed by atoms with Crippen molar-refractivity contribution in [2.75, 3.05) is 14.2 Å². The molecule has 5 heteroatoms. The molecule has 0 fully saturated rings. The molecule has 1 rings (SSSR count). The number of benzene rings is 1. The van der Waals surface area contributed by atoms with E-state index >= 15 is 0 Å². The van der Waals surface area contributed by atoms with E-state index in [0.29, 0.717) is 29.6 Å². The monoisotopic (exact) mass is 312 g/mol. The van der Waals surface area contributed by atoms with Gasteiger partial charge in [0, 0.05) is 29.4 Å². The SMILES string of the molecule is CCC(=O)Oc1cc(OC)cc(OC)c1C(S)CC(C)C. The first-order valence-electron chi connectivity index (χ1n) is 7.07. The van der Waals surface area contributed by atoms with Gasteiger partial charge in [0.05, 0.1) is 14.2 Å². The first-order valence-corrected chi connectivity index (χ1v) is 7.59. The number of thiol groups is 1. The summed E-state index contributed by atoms with van der Waals surface area (Å²) in [6, 6.07) is 3.48. The van der Waals surface area contributed by atoms with E-state index in [2.05, 4.69) is 26.5 Å².